The maximum atomic E-state index is 6.36. The van der Waals surface area contributed by atoms with Crippen LogP contribution in [-0.4, -0.2) is 30.2 Å². The van der Waals surface area contributed by atoms with Crippen molar-refractivity contribution in [1.29, 1.82) is 0 Å². The molecule has 1 aliphatic carbocycles. The first-order chi connectivity index (χ1) is 13.1. The largest absolute Gasteiger partial charge is 0.474 e. The van der Waals surface area contributed by atoms with Crippen molar-refractivity contribution in [1.82, 2.24) is 9.97 Å². The third-order valence-corrected chi connectivity index (χ3v) is 5.37. The number of benzene rings is 1. The Balaban J connectivity index is 1.76. The summed E-state index contributed by atoms with van der Waals surface area (Å²) < 4.78 is 6.36. The summed E-state index contributed by atoms with van der Waals surface area (Å²) in [6.45, 7) is 2.14. The Kier molecular flexibility index (Phi) is 4.97. The van der Waals surface area contributed by atoms with Crippen molar-refractivity contribution < 1.29 is 4.74 Å². The van der Waals surface area contributed by atoms with Crippen LogP contribution in [0.4, 0.5) is 5.69 Å². The maximum absolute atomic E-state index is 6.36. The second-order valence-electron chi connectivity index (χ2n) is 7.66. The Hall–Kier alpha value is -2.62. The lowest BCUT2D eigenvalue weighted by atomic mass is 9.98. The van der Waals surface area contributed by atoms with Gasteiger partial charge in [-0.05, 0) is 68.5 Å². The van der Waals surface area contributed by atoms with E-state index < -0.39 is 0 Å². The van der Waals surface area contributed by atoms with Crippen LogP contribution in [-0.2, 0) is 0 Å². The molecule has 1 aliphatic rings. The van der Waals surface area contributed by atoms with Gasteiger partial charge in [0.05, 0.1) is 16.6 Å². The van der Waals surface area contributed by atoms with Gasteiger partial charge in [-0.1, -0.05) is 12.5 Å². The van der Waals surface area contributed by atoms with Crippen molar-refractivity contribution in [2.24, 2.45) is 0 Å². The molecule has 0 N–H and O–H groups in total. The average molecular weight is 361 g/mol. The lowest BCUT2D eigenvalue weighted by molar-refractivity contribution is 0.151. The number of pyridine rings is 2. The van der Waals surface area contributed by atoms with Gasteiger partial charge in [-0.3, -0.25) is 4.98 Å². The fourth-order valence-corrected chi connectivity index (χ4v) is 3.94. The Labute approximate surface area is 161 Å². The highest BCUT2D eigenvalue weighted by molar-refractivity contribution is 5.87. The Morgan fingerprint density at radius 3 is 2.59 bits per heavy atom. The molecular formula is C23H27N3O. The van der Waals surface area contributed by atoms with Gasteiger partial charge in [0.1, 0.15) is 6.10 Å². The average Bonchev–Trinajstić information content (AvgIpc) is 2.68. The molecule has 0 radical (unpaired) electrons. The van der Waals surface area contributed by atoms with Gasteiger partial charge >= 0.3 is 0 Å². The molecule has 4 rings (SSSR count). The molecular weight excluding hydrogens is 334 g/mol. The highest BCUT2D eigenvalue weighted by Crippen LogP contribution is 2.32. The van der Waals surface area contributed by atoms with Crippen molar-refractivity contribution in [3.8, 4) is 17.1 Å². The highest BCUT2D eigenvalue weighted by Gasteiger charge is 2.18. The number of anilines is 1. The van der Waals surface area contributed by atoms with Crippen LogP contribution in [0.3, 0.4) is 0 Å². The standard InChI is InChI=1S/C23H27N3O/c1-16-14-17(11-12-22(16)26(2)3)20-15-21-19(10-7-13-24-21)23(25-20)27-18-8-5-4-6-9-18/h7,10-15,18H,4-6,8-9H2,1-3H3. The van der Waals surface area contributed by atoms with Crippen molar-refractivity contribution in [3.63, 3.8) is 0 Å². The molecule has 2 aromatic heterocycles. The summed E-state index contributed by atoms with van der Waals surface area (Å²) in [5.41, 5.74) is 5.40. The maximum Gasteiger partial charge on any atom is 0.223 e. The zero-order chi connectivity index (χ0) is 18.8. The number of nitrogens with zero attached hydrogens (tertiary/aromatic N) is 3. The predicted molar refractivity (Wildman–Crippen MR) is 112 cm³/mol. The monoisotopic (exact) mass is 361 g/mol. The van der Waals surface area contributed by atoms with Crippen LogP contribution in [0.5, 0.6) is 5.88 Å². The van der Waals surface area contributed by atoms with E-state index in [1.165, 1.54) is 30.5 Å². The smallest absolute Gasteiger partial charge is 0.223 e. The Morgan fingerprint density at radius 1 is 1.04 bits per heavy atom. The van der Waals surface area contributed by atoms with E-state index >= 15 is 0 Å². The molecule has 1 fully saturated rings. The molecule has 140 valence electrons. The molecule has 0 amide bonds. The summed E-state index contributed by atoms with van der Waals surface area (Å²) in [5, 5.41) is 0.994. The molecule has 0 unspecified atom stereocenters. The molecule has 0 aliphatic heterocycles. The zero-order valence-electron chi connectivity index (χ0n) is 16.4. The van der Waals surface area contributed by atoms with Crippen LogP contribution in [0.1, 0.15) is 37.7 Å². The minimum absolute atomic E-state index is 0.266. The molecule has 27 heavy (non-hydrogen) atoms. The highest BCUT2D eigenvalue weighted by atomic mass is 16.5. The van der Waals surface area contributed by atoms with Gasteiger partial charge in [0, 0.05) is 31.5 Å². The second-order valence-corrected chi connectivity index (χ2v) is 7.66. The first-order valence-electron chi connectivity index (χ1n) is 9.82. The van der Waals surface area contributed by atoms with Gasteiger partial charge in [-0.2, -0.15) is 0 Å². The molecule has 0 bridgehead atoms. The Bertz CT molecular complexity index is 946. The van der Waals surface area contributed by atoms with E-state index in [-0.39, 0.29) is 6.10 Å². The van der Waals surface area contributed by atoms with Gasteiger partial charge in [-0.25, -0.2) is 4.98 Å². The third kappa shape index (κ3) is 3.75. The molecule has 4 heteroatoms. The predicted octanol–water partition coefficient (Wildman–Crippen LogP) is 5.38. The minimum atomic E-state index is 0.266. The molecule has 4 nitrogen and oxygen atoms in total. The van der Waals surface area contributed by atoms with E-state index in [1.54, 1.807) is 0 Å². The molecule has 1 aromatic carbocycles. The van der Waals surface area contributed by atoms with Crippen molar-refractivity contribution >= 4 is 16.6 Å². The summed E-state index contributed by atoms with van der Waals surface area (Å²) in [6.07, 6.45) is 8.12. The molecule has 0 spiro atoms. The van der Waals surface area contributed by atoms with Crippen molar-refractivity contribution in [2.75, 3.05) is 19.0 Å². The quantitative estimate of drug-likeness (QED) is 0.625. The number of fused-ring (bicyclic) bond motifs is 1. The molecule has 1 saturated carbocycles. The number of aryl methyl sites for hydroxylation is 1. The first kappa shape index (κ1) is 17.8. The van der Waals surface area contributed by atoms with Crippen molar-refractivity contribution in [2.45, 2.75) is 45.1 Å². The number of hydrogen-bond acceptors (Lipinski definition) is 4. The lowest BCUT2D eigenvalue weighted by Crippen LogP contribution is -2.20. The van der Waals surface area contributed by atoms with Crippen LogP contribution in [0.25, 0.3) is 22.2 Å². The lowest BCUT2D eigenvalue weighted by Gasteiger charge is -2.23. The third-order valence-electron chi connectivity index (χ3n) is 5.37. The minimum Gasteiger partial charge on any atom is -0.474 e. The molecule has 0 saturated heterocycles. The van der Waals surface area contributed by atoms with E-state index in [2.05, 4.69) is 61.2 Å². The van der Waals surface area contributed by atoms with Gasteiger partial charge in [0.2, 0.25) is 5.88 Å². The SMILES string of the molecule is Cc1cc(-c2cc3ncccc3c(OC3CCCCC3)n2)ccc1N(C)C. The van der Waals surface area contributed by atoms with Gasteiger partial charge in [-0.15, -0.1) is 0 Å². The van der Waals surface area contributed by atoms with Gasteiger partial charge < -0.3 is 9.64 Å². The molecule has 3 aromatic rings. The number of ether oxygens (including phenoxy) is 1. The van der Waals surface area contributed by atoms with Gasteiger partial charge in [0.25, 0.3) is 0 Å². The molecule has 0 atom stereocenters. The van der Waals surface area contributed by atoms with Crippen LogP contribution in [0, 0.1) is 6.92 Å². The van der Waals surface area contributed by atoms with E-state index in [0.29, 0.717) is 0 Å². The van der Waals surface area contributed by atoms with Crippen LogP contribution in [0.2, 0.25) is 0 Å². The summed E-state index contributed by atoms with van der Waals surface area (Å²) in [5.74, 6) is 0.719. The van der Waals surface area contributed by atoms with E-state index in [1.807, 2.05) is 12.3 Å². The molecule has 2 heterocycles. The number of hydrogen-bond donors (Lipinski definition) is 0. The fourth-order valence-electron chi connectivity index (χ4n) is 3.94. The first-order valence-corrected chi connectivity index (χ1v) is 9.82. The van der Waals surface area contributed by atoms with Gasteiger partial charge in [0.15, 0.2) is 0 Å². The summed E-state index contributed by atoms with van der Waals surface area (Å²) in [4.78, 5) is 11.6. The van der Waals surface area contributed by atoms with E-state index in [4.69, 9.17) is 9.72 Å². The summed E-state index contributed by atoms with van der Waals surface area (Å²) >= 11 is 0. The van der Waals surface area contributed by atoms with E-state index in [9.17, 15) is 0 Å². The fraction of sp³-hybridized carbons (Fsp3) is 0.391. The topological polar surface area (TPSA) is 38.3 Å². The van der Waals surface area contributed by atoms with Crippen LogP contribution >= 0.6 is 0 Å². The van der Waals surface area contributed by atoms with E-state index in [0.717, 1.165) is 40.9 Å². The zero-order valence-corrected chi connectivity index (χ0v) is 16.4. The normalized spacial score (nSPS) is 15.1. The summed E-state index contributed by atoms with van der Waals surface area (Å²) in [6, 6.07) is 12.5. The number of rotatable bonds is 4. The second kappa shape index (κ2) is 7.55. The summed E-state index contributed by atoms with van der Waals surface area (Å²) in [7, 11) is 4.13. The van der Waals surface area contributed by atoms with Crippen LogP contribution in [0.15, 0.2) is 42.6 Å². The van der Waals surface area contributed by atoms with Crippen LogP contribution < -0.4 is 9.64 Å². The Morgan fingerprint density at radius 2 is 1.85 bits per heavy atom. The van der Waals surface area contributed by atoms with Crippen molar-refractivity contribution in [3.05, 3.63) is 48.2 Å². The number of aromatic nitrogens is 2.